The highest BCUT2D eigenvalue weighted by Crippen LogP contribution is 2.25. The second-order valence-corrected chi connectivity index (χ2v) is 6.10. The Morgan fingerprint density at radius 1 is 1.17 bits per heavy atom. The smallest absolute Gasteiger partial charge is 0.274 e. The summed E-state index contributed by atoms with van der Waals surface area (Å²) in [6.07, 6.45) is 4.08. The van der Waals surface area contributed by atoms with Crippen molar-refractivity contribution in [2.45, 2.75) is 31.8 Å². The number of hydrogen-bond acceptors (Lipinski definition) is 3. The van der Waals surface area contributed by atoms with Gasteiger partial charge in [0.25, 0.3) is 5.56 Å². The van der Waals surface area contributed by atoms with E-state index < -0.39 is 0 Å². The Morgan fingerprint density at radius 3 is 2.58 bits per heavy atom. The molecule has 1 saturated carbocycles. The molecule has 6 heteroatoms. The summed E-state index contributed by atoms with van der Waals surface area (Å²) in [7, 11) is 0. The molecule has 24 heavy (non-hydrogen) atoms. The predicted molar refractivity (Wildman–Crippen MR) is 97.4 cm³/mol. The molecule has 2 atom stereocenters. The number of rotatable bonds is 4. The van der Waals surface area contributed by atoms with Crippen LogP contribution in [0.15, 0.2) is 53.5 Å². The maximum absolute atomic E-state index is 12.5. The summed E-state index contributed by atoms with van der Waals surface area (Å²) in [5, 5.41) is 2.77. The Balaban J connectivity index is 0.00000208. The Kier molecular flexibility index (Phi) is 6.17. The summed E-state index contributed by atoms with van der Waals surface area (Å²) >= 11 is 0. The summed E-state index contributed by atoms with van der Waals surface area (Å²) in [5.41, 5.74) is 7.03. The first-order chi connectivity index (χ1) is 11.1. The number of nitrogens with one attached hydrogen (secondary N) is 1. The molecule has 3 rings (SSSR count). The fourth-order valence-electron chi connectivity index (χ4n) is 3.03. The van der Waals surface area contributed by atoms with Crippen LogP contribution >= 0.6 is 12.4 Å². The van der Waals surface area contributed by atoms with Gasteiger partial charge in [0.1, 0.15) is 5.69 Å². The van der Waals surface area contributed by atoms with E-state index in [2.05, 4.69) is 5.32 Å². The Hall–Kier alpha value is -2.11. The van der Waals surface area contributed by atoms with E-state index in [-0.39, 0.29) is 35.8 Å². The highest BCUT2D eigenvalue weighted by Gasteiger charge is 2.28. The van der Waals surface area contributed by atoms with E-state index in [0.29, 0.717) is 18.7 Å². The lowest BCUT2D eigenvalue weighted by Gasteiger charge is -2.12. The lowest BCUT2D eigenvalue weighted by Crippen LogP contribution is -2.29. The molecule has 0 radical (unpaired) electrons. The topological polar surface area (TPSA) is 77.1 Å². The third-order valence-electron chi connectivity index (χ3n) is 4.32. The fraction of sp³-hybridized carbons (Fsp3) is 0.333. The molecule has 1 aromatic heterocycles. The lowest BCUT2D eigenvalue weighted by atomic mass is 10.1. The van der Waals surface area contributed by atoms with E-state index in [4.69, 9.17) is 5.73 Å². The fourth-order valence-corrected chi connectivity index (χ4v) is 3.03. The Bertz CT molecular complexity index is 745. The zero-order valence-electron chi connectivity index (χ0n) is 13.4. The van der Waals surface area contributed by atoms with Crippen molar-refractivity contribution < 1.29 is 4.79 Å². The summed E-state index contributed by atoms with van der Waals surface area (Å²) in [6.45, 7) is 0.484. The molecule has 3 N–H and O–H groups in total. The number of pyridine rings is 1. The molecule has 0 bridgehead atoms. The molecule has 128 valence electrons. The SMILES string of the molecule is Cl.NC1CCC(C(=O)Nc2cccn(Cc3ccccc3)c2=O)C1. The van der Waals surface area contributed by atoms with Crippen LogP contribution in [0.5, 0.6) is 0 Å². The summed E-state index contributed by atoms with van der Waals surface area (Å²) < 4.78 is 1.60. The van der Waals surface area contributed by atoms with Gasteiger partial charge in [0.15, 0.2) is 0 Å². The highest BCUT2D eigenvalue weighted by molar-refractivity contribution is 5.92. The zero-order valence-corrected chi connectivity index (χ0v) is 14.2. The molecule has 0 saturated heterocycles. The maximum Gasteiger partial charge on any atom is 0.274 e. The first kappa shape index (κ1) is 18.2. The van der Waals surface area contributed by atoms with E-state index in [0.717, 1.165) is 18.4 Å². The number of anilines is 1. The minimum Gasteiger partial charge on any atom is -0.328 e. The van der Waals surface area contributed by atoms with Gasteiger partial charge in [-0.25, -0.2) is 0 Å². The predicted octanol–water partition coefficient (Wildman–Crippen LogP) is 2.38. The first-order valence-corrected chi connectivity index (χ1v) is 7.93. The van der Waals surface area contributed by atoms with Crippen LogP contribution in [0.2, 0.25) is 0 Å². The molecule has 1 aliphatic carbocycles. The summed E-state index contributed by atoms with van der Waals surface area (Å²) in [6, 6.07) is 13.3. The first-order valence-electron chi connectivity index (χ1n) is 7.93. The van der Waals surface area contributed by atoms with Crippen LogP contribution in [0, 0.1) is 5.92 Å². The van der Waals surface area contributed by atoms with Gasteiger partial charge >= 0.3 is 0 Å². The van der Waals surface area contributed by atoms with Gasteiger partial charge in [0.2, 0.25) is 5.91 Å². The molecule has 0 spiro atoms. The van der Waals surface area contributed by atoms with Gasteiger partial charge in [-0.05, 0) is 37.0 Å². The molecule has 1 heterocycles. The minimum atomic E-state index is -0.188. The number of nitrogens with two attached hydrogens (primary N) is 1. The van der Waals surface area contributed by atoms with Crippen LogP contribution in [0.3, 0.4) is 0 Å². The minimum absolute atomic E-state index is 0. The van der Waals surface area contributed by atoms with Crippen molar-refractivity contribution in [2.75, 3.05) is 5.32 Å². The van der Waals surface area contributed by atoms with Gasteiger partial charge in [0, 0.05) is 18.2 Å². The van der Waals surface area contributed by atoms with Crippen LogP contribution in [-0.4, -0.2) is 16.5 Å². The van der Waals surface area contributed by atoms with Crippen LogP contribution in [0.25, 0.3) is 0 Å². The van der Waals surface area contributed by atoms with Crippen LogP contribution < -0.4 is 16.6 Å². The van der Waals surface area contributed by atoms with Gasteiger partial charge in [-0.2, -0.15) is 0 Å². The average molecular weight is 348 g/mol. The molecular formula is C18H22ClN3O2. The summed E-state index contributed by atoms with van der Waals surface area (Å²) in [4.78, 5) is 24.8. The third-order valence-corrected chi connectivity index (χ3v) is 4.32. The van der Waals surface area contributed by atoms with Crippen molar-refractivity contribution in [3.8, 4) is 0 Å². The molecule has 2 unspecified atom stereocenters. The Morgan fingerprint density at radius 2 is 1.92 bits per heavy atom. The normalized spacial score (nSPS) is 19.5. The molecule has 0 aliphatic heterocycles. The standard InChI is InChI=1S/C18H21N3O2.ClH/c19-15-9-8-14(11-15)17(22)20-16-7-4-10-21(18(16)23)12-13-5-2-1-3-6-13;/h1-7,10,14-15H,8-9,11-12,19H2,(H,20,22);1H. The van der Waals surface area contributed by atoms with Crippen LogP contribution in [0.1, 0.15) is 24.8 Å². The molecular weight excluding hydrogens is 326 g/mol. The zero-order chi connectivity index (χ0) is 16.2. The number of nitrogens with zero attached hydrogens (tertiary/aromatic N) is 1. The maximum atomic E-state index is 12.5. The van der Waals surface area contributed by atoms with Crippen molar-refractivity contribution in [3.63, 3.8) is 0 Å². The van der Waals surface area contributed by atoms with Gasteiger partial charge in [0.05, 0.1) is 6.54 Å². The number of benzene rings is 1. The van der Waals surface area contributed by atoms with E-state index >= 15 is 0 Å². The second-order valence-electron chi connectivity index (χ2n) is 6.10. The number of carbonyl (C=O) groups is 1. The molecule has 1 fully saturated rings. The lowest BCUT2D eigenvalue weighted by molar-refractivity contribution is -0.119. The van der Waals surface area contributed by atoms with E-state index in [1.807, 2.05) is 30.3 Å². The van der Waals surface area contributed by atoms with Gasteiger partial charge in [-0.15, -0.1) is 12.4 Å². The molecule has 1 aliphatic rings. The van der Waals surface area contributed by atoms with Crippen LogP contribution in [-0.2, 0) is 11.3 Å². The number of amides is 1. The average Bonchev–Trinajstić information content (AvgIpc) is 2.99. The van der Waals surface area contributed by atoms with Gasteiger partial charge in [-0.3, -0.25) is 9.59 Å². The number of carbonyl (C=O) groups excluding carboxylic acids is 1. The largest absolute Gasteiger partial charge is 0.328 e. The van der Waals surface area contributed by atoms with Crippen LogP contribution in [0.4, 0.5) is 5.69 Å². The quantitative estimate of drug-likeness (QED) is 0.891. The molecule has 1 aromatic carbocycles. The van der Waals surface area contributed by atoms with Crippen molar-refractivity contribution in [1.29, 1.82) is 0 Å². The van der Waals surface area contributed by atoms with E-state index in [9.17, 15) is 9.59 Å². The molecule has 1 amide bonds. The Labute approximate surface area is 147 Å². The van der Waals surface area contributed by atoms with Crippen molar-refractivity contribution in [2.24, 2.45) is 11.7 Å². The van der Waals surface area contributed by atoms with Gasteiger partial charge < -0.3 is 15.6 Å². The van der Waals surface area contributed by atoms with Crippen molar-refractivity contribution >= 4 is 24.0 Å². The van der Waals surface area contributed by atoms with Crippen molar-refractivity contribution in [3.05, 3.63) is 64.6 Å². The number of halogens is 1. The van der Waals surface area contributed by atoms with E-state index in [1.165, 1.54) is 0 Å². The second kappa shape index (κ2) is 8.13. The number of hydrogen-bond donors (Lipinski definition) is 2. The van der Waals surface area contributed by atoms with E-state index in [1.54, 1.807) is 22.9 Å². The third kappa shape index (κ3) is 4.24. The molecule has 2 aromatic rings. The van der Waals surface area contributed by atoms with Gasteiger partial charge in [-0.1, -0.05) is 30.3 Å². The summed E-state index contributed by atoms with van der Waals surface area (Å²) in [5.74, 6) is -0.195. The molecule has 5 nitrogen and oxygen atoms in total. The number of aromatic nitrogens is 1. The highest BCUT2D eigenvalue weighted by atomic mass is 35.5. The van der Waals surface area contributed by atoms with Crippen molar-refractivity contribution in [1.82, 2.24) is 4.57 Å². The monoisotopic (exact) mass is 347 g/mol.